The number of nitro benzene ring substituents is 1. The van der Waals surface area contributed by atoms with Crippen molar-refractivity contribution in [3.8, 4) is 0 Å². The van der Waals surface area contributed by atoms with Crippen LogP contribution in [0.1, 0.15) is 21.5 Å². The second-order valence-corrected chi connectivity index (χ2v) is 4.46. The highest BCUT2D eigenvalue weighted by molar-refractivity contribution is 5.94. The second kappa shape index (κ2) is 5.52. The summed E-state index contributed by atoms with van der Waals surface area (Å²) in [7, 11) is 1.80. The second-order valence-electron chi connectivity index (χ2n) is 4.46. The van der Waals surface area contributed by atoms with E-state index in [1.165, 1.54) is 18.2 Å². The fourth-order valence-corrected chi connectivity index (χ4v) is 1.85. The lowest BCUT2D eigenvalue weighted by molar-refractivity contribution is -0.385. The lowest BCUT2D eigenvalue weighted by atomic mass is 10.1. The summed E-state index contributed by atoms with van der Waals surface area (Å²) in [6, 6.07) is 4.30. The van der Waals surface area contributed by atoms with Crippen LogP contribution in [0, 0.1) is 17.0 Å². The zero-order chi connectivity index (χ0) is 14.7. The maximum absolute atomic E-state index is 11.9. The number of benzene rings is 1. The quantitative estimate of drug-likeness (QED) is 0.676. The Kier molecular flexibility index (Phi) is 3.79. The Balaban J connectivity index is 2.06. The van der Waals surface area contributed by atoms with Gasteiger partial charge in [0, 0.05) is 42.5 Å². The molecule has 1 aromatic carbocycles. The molecular formula is C13H14N4O3. The van der Waals surface area contributed by atoms with Gasteiger partial charge in [0.25, 0.3) is 11.6 Å². The van der Waals surface area contributed by atoms with Crippen molar-refractivity contribution in [2.75, 3.05) is 0 Å². The molecular weight excluding hydrogens is 260 g/mol. The molecule has 0 aliphatic rings. The summed E-state index contributed by atoms with van der Waals surface area (Å²) >= 11 is 0. The molecule has 7 nitrogen and oxygen atoms in total. The molecule has 1 amide bonds. The van der Waals surface area contributed by atoms with Gasteiger partial charge in [-0.1, -0.05) is 0 Å². The van der Waals surface area contributed by atoms with E-state index in [0.717, 1.165) is 5.56 Å². The van der Waals surface area contributed by atoms with Gasteiger partial charge in [-0.25, -0.2) is 0 Å². The predicted octanol–water partition coefficient (Wildman–Crippen LogP) is 1.57. The molecule has 0 aliphatic carbocycles. The van der Waals surface area contributed by atoms with Crippen LogP contribution in [0.25, 0.3) is 0 Å². The van der Waals surface area contributed by atoms with Crippen LogP contribution in [0.15, 0.2) is 30.6 Å². The lowest BCUT2D eigenvalue weighted by Crippen LogP contribution is -2.22. The Morgan fingerprint density at radius 2 is 2.25 bits per heavy atom. The number of carbonyl (C=O) groups is 1. The lowest BCUT2D eigenvalue weighted by Gasteiger charge is -2.05. The Morgan fingerprint density at radius 3 is 2.80 bits per heavy atom. The molecule has 1 aromatic heterocycles. The summed E-state index contributed by atoms with van der Waals surface area (Å²) < 4.78 is 1.65. The zero-order valence-electron chi connectivity index (χ0n) is 11.2. The SMILES string of the molecule is Cc1cc(C(=O)NCc2cnn(C)c2)ccc1[N+](=O)[O-]. The van der Waals surface area contributed by atoms with E-state index < -0.39 is 4.92 Å². The van der Waals surface area contributed by atoms with Gasteiger partial charge in [0.05, 0.1) is 11.1 Å². The van der Waals surface area contributed by atoms with E-state index in [4.69, 9.17) is 0 Å². The summed E-state index contributed by atoms with van der Waals surface area (Å²) in [6.45, 7) is 1.97. The number of aryl methyl sites for hydroxylation is 2. The number of amides is 1. The van der Waals surface area contributed by atoms with E-state index in [2.05, 4.69) is 10.4 Å². The van der Waals surface area contributed by atoms with Crippen LogP contribution in [0.4, 0.5) is 5.69 Å². The minimum atomic E-state index is -0.466. The van der Waals surface area contributed by atoms with Crippen molar-refractivity contribution in [1.82, 2.24) is 15.1 Å². The van der Waals surface area contributed by atoms with Crippen LogP contribution in [-0.4, -0.2) is 20.6 Å². The summed E-state index contributed by atoms with van der Waals surface area (Å²) in [5.74, 6) is -0.271. The van der Waals surface area contributed by atoms with Crippen molar-refractivity contribution in [2.24, 2.45) is 7.05 Å². The fourth-order valence-electron chi connectivity index (χ4n) is 1.85. The summed E-state index contributed by atoms with van der Waals surface area (Å²) in [6.07, 6.45) is 3.47. The normalized spacial score (nSPS) is 10.3. The van der Waals surface area contributed by atoms with E-state index in [1.54, 1.807) is 31.0 Å². The topological polar surface area (TPSA) is 90.1 Å². The van der Waals surface area contributed by atoms with Gasteiger partial charge in [0.1, 0.15) is 0 Å². The molecule has 0 radical (unpaired) electrons. The zero-order valence-corrected chi connectivity index (χ0v) is 11.2. The number of nitrogens with one attached hydrogen (secondary N) is 1. The van der Waals surface area contributed by atoms with Crippen LogP contribution < -0.4 is 5.32 Å². The Labute approximate surface area is 115 Å². The predicted molar refractivity (Wildman–Crippen MR) is 72.2 cm³/mol. The Morgan fingerprint density at radius 1 is 1.50 bits per heavy atom. The molecule has 104 valence electrons. The highest BCUT2D eigenvalue weighted by atomic mass is 16.6. The maximum atomic E-state index is 11.9. The van der Waals surface area contributed by atoms with Gasteiger partial charge < -0.3 is 5.32 Å². The van der Waals surface area contributed by atoms with E-state index >= 15 is 0 Å². The van der Waals surface area contributed by atoms with E-state index in [0.29, 0.717) is 17.7 Å². The number of nitro groups is 1. The molecule has 2 aromatic rings. The average molecular weight is 274 g/mol. The molecule has 0 saturated heterocycles. The highest BCUT2D eigenvalue weighted by Crippen LogP contribution is 2.18. The summed E-state index contributed by atoms with van der Waals surface area (Å²) in [4.78, 5) is 22.2. The van der Waals surface area contributed by atoms with E-state index in [-0.39, 0.29) is 11.6 Å². The molecule has 1 heterocycles. The number of nitrogens with zero attached hydrogens (tertiary/aromatic N) is 3. The number of carbonyl (C=O) groups excluding carboxylic acids is 1. The third-order valence-corrected chi connectivity index (χ3v) is 2.87. The first kappa shape index (κ1) is 13.7. The van der Waals surface area contributed by atoms with Gasteiger partial charge in [-0.05, 0) is 19.1 Å². The molecule has 7 heteroatoms. The molecule has 0 bridgehead atoms. The van der Waals surface area contributed by atoms with Crippen molar-refractivity contribution < 1.29 is 9.72 Å². The first-order chi connectivity index (χ1) is 9.47. The molecule has 1 N–H and O–H groups in total. The maximum Gasteiger partial charge on any atom is 0.272 e. The Hall–Kier alpha value is -2.70. The third kappa shape index (κ3) is 3.00. The van der Waals surface area contributed by atoms with Crippen molar-refractivity contribution >= 4 is 11.6 Å². The van der Waals surface area contributed by atoms with Crippen LogP contribution in [0.5, 0.6) is 0 Å². The van der Waals surface area contributed by atoms with Gasteiger partial charge in [-0.3, -0.25) is 19.6 Å². The first-order valence-corrected chi connectivity index (χ1v) is 5.98. The van der Waals surface area contributed by atoms with Gasteiger partial charge >= 0.3 is 0 Å². The van der Waals surface area contributed by atoms with Crippen LogP contribution in [-0.2, 0) is 13.6 Å². The monoisotopic (exact) mass is 274 g/mol. The van der Waals surface area contributed by atoms with Gasteiger partial charge in [0.15, 0.2) is 0 Å². The molecule has 0 spiro atoms. The average Bonchev–Trinajstić information content (AvgIpc) is 2.81. The van der Waals surface area contributed by atoms with Crippen molar-refractivity contribution in [1.29, 1.82) is 0 Å². The fraction of sp³-hybridized carbons (Fsp3) is 0.231. The van der Waals surface area contributed by atoms with E-state index in [1.807, 2.05) is 0 Å². The van der Waals surface area contributed by atoms with Gasteiger partial charge in [0.2, 0.25) is 0 Å². The number of hydrogen-bond acceptors (Lipinski definition) is 4. The smallest absolute Gasteiger partial charge is 0.272 e. The molecule has 0 saturated carbocycles. The van der Waals surface area contributed by atoms with Crippen molar-refractivity contribution in [3.05, 3.63) is 57.4 Å². The minimum Gasteiger partial charge on any atom is -0.348 e. The number of hydrogen-bond donors (Lipinski definition) is 1. The van der Waals surface area contributed by atoms with Crippen LogP contribution in [0.3, 0.4) is 0 Å². The number of aromatic nitrogens is 2. The minimum absolute atomic E-state index is 0.00816. The highest BCUT2D eigenvalue weighted by Gasteiger charge is 2.13. The number of rotatable bonds is 4. The molecule has 0 atom stereocenters. The van der Waals surface area contributed by atoms with Crippen molar-refractivity contribution in [3.63, 3.8) is 0 Å². The molecule has 2 rings (SSSR count). The molecule has 0 fully saturated rings. The first-order valence-electron chi connectivity index (χ1n) is 5.98. The van der Waals surface area contributed by atoms with Crippen LogP contribution in [0.2, 0.25) is 0 Å². The molecule has 20 heavy (non-hydrogen) atoms. The molecule has 0 unspecified atom stereocenters. The van der Waals surface area contributed by atoms with E-state index in [9.17, 15) is 14.9 Å². The summed E-state index contributed by atoms with van der Waals surface area (Å²) in [5.41, 5.74) is 1.76. The van der Waals surface area contributed by atoms with Gasteiger partial charge in [-0.15, -0.1) is 0 Å². The molecule has 0 aliphatic heterocycles. The third-order valence-electron chi connectivity index (χ3n) is 2.87. The van der Waals surface area contributed by atoms with Crippen molar-refractivity contribution in [2.45, 2.75) is 13.5 Å². The standard InChI is InChI=1S/C13H14N4O3/c1-9-5-11(3-4-12(9)17(19)20)13(18)14-6-10-7-15-16(2)8-10/h3-5,7-8H,6H2,1-2H3,(H,14,18). The van der Waals surface area contributed by atoms with Gasteiger partial charge in [-0.2, -0.15) is 5.10 Å². The largest absolute Gasteiger partial charge is 0.348 e. The Bertz CT molecular complexity index is 663. The van der Waals surface area contributed by atoms with Crippen LogP contribution >= 0.6 is 0 Å². The summed E-state index contributed by atoms with van der Waals surface area (Å²) in [5, 5.41) is 17.5.